The van der Waals surface area contributed by atoms with Gasteiger partial charge in [-0.1, -0.05) is 30.3 Å². The molecule has 4 rings (SSSR count). The molecular weight excluding hydrogens is 332 g/mol. The number of hydrogen-bond donors (Lipinski definition) is 1. The predicted octanol–water partition coefficient (Wildman–Crippen LogP) is 4.13. The number of aryl methyl sites for hydroxylation is 1. The van der Waals surface area contributed by atoms with Gasteiger partial charge in [-0.3, -0.25) is 0 Å². The first kappa shape index (κ1) is 16.6. The maximum absolute atomic E-state index is 13.0. The van der Waals surface area contributed by atoms with Crippen LogP contribution < -0.4 is 5.32 Å². The molecule has 132 valence electrons. The highest BCUT2D eigenvalue weighted by atomic mass is 32.1. The van der Waals surface area contributed by atoms with Crippen LogP contribution in [0.3, 0.4) is 0 Å². The molecule has 0 spiro atoms. The second-order valence-electron chi connectivity index (χ2n) is 6.83. The van der Waals surface area contributed by atoms with Crippen molar-refractivity contribution in [2.75, 3.05) is 13.2 Å². The van der Waals surface area contributed by atoms with E-state index >= 15 is 0 Å². The van der Waals surface area contributed by atoms with Crippen molar-refractivity contribution >= 4 is 17.4 Å². The average Bonchev–Trinajstić information content (AvgIpc) is 3.37. The first-order valence-corrected chi connectivity index (χ1v) is 9.95. The zero-order valence-electron chi connectivity index (χ0n) is 14.3. The molecule has 1 aromatic carbocycles. The Morgan fingerprint density at radius 1 is 1.24 bits per heavy atom. The van der Waals surface area contributed by atoms with Crippen LogP contribution in [0.4, 0.5) is 4.79 Å². The van der Waals surface area contributed by atoms with Gasteiger partial charge in [0.15, 0.2) is 0 Å². The molecule has 1 fully saturated rings. The maximum atomic E-state index is 13.0. The van der Waals surface area contributed by atoms with E-state index in [1.54, 1.807) is 11.3 Å². The van der Waals surface area contributed by atoms with E-state index in [0.29, 0.717) is 13.1 Å². The Morgan fingerprint density at radius 3 is 2.96 bits per heavy atom. The van der Waals surface area contributed by atoms with E-state index in [0.717, 1.165) is 32.3 Å². The number of carbonyl (C=O) groups is 1. The number of rotatable bonds is 5. The van der Waals surface area contributed by atoms with Crippen molar-refractivity contribution in [2.24, 2.45) is 0 Å². The molecular formula is C20H24N2O2S. The molecule has 2 unspecified atom stereocenters. The number of urea groups is 1. The zero-order valence-corrected chi connectivity index (χ0v) is 15.1. The largest absolute Gasteiger partial charge is 0.376 e. The lowest BCUT2D eigenvalue weighted by molar-refractivity contribution is 0.0791. The molecule has 2 amide bonds. The summed E-state index contributed by atoms with van der Waals surface area (Å²) >= 11 is 1.70. The van der Waals surface area contributed by atoms with Crippen molar-refractivity contribution in [2.45, 2.75) is 44.4 Å². The van der Waals surface area contributed by atoms with Gasteiger partial charge in [-0.2, -0.15) is 0 Å². The Hall–Kier alpha value is -1.85. The Bertz CT molecular complexity index is 710. The Morgan fingerprint density at radius 2 is 2.16 bits per heavy atom. The number of nitrogens with one attached hydrogen (secondary N) is 1. The summed E-state index contributed by atoms with van der Waals surface area (Å²) in [6, 6.07) is 12.7. The second kappa shape index (κ2) is 7.58. The number of fused-ring (bicyclic) bond motifs is 1. The van der Waals surface area contributed by atoms with E-state index < -0.39 is 0 Å². The fourth-order valence-electron chi connectivity index (χ4n) is 3.79. The summed E-state index contributed by atoms with van der Waals surface area (Å²) in [6.45, 7) is 2.13. The van der Waals surface area contributed by atoms with E-state index in [2.05, 4.69) is 41.0 Å². The summed E-state index contributed by atoms with van der Waals surface area (Å²) in [4.78, 5) is 16.1. The second-order valence-corrected chi connectivity index (χ2v) is 7.87. The molecule has 1 N–H and O–H groups in total. The van der Waals surface area contributed by atoms with Gasteiger partial charge in [-0.05, 0) is 48.3 Å². The van der Waals surface area contributed by atoms with E-state index in [-0.39, 0.29) is 18.2 Å². The van der Waals surface area contributed by atoms with Gasteiger partial charge in [0.1, 0.15) is 0 Å². The monoisotopic (exact) mass is 356 g/mol. The van der Waals surface area contributed by atoms with Crippen LogP contribution >= 0.6 is 11.3 Å². The normalized spacial score (nSPS) is 21.9. The van der Waals surface area contributed by atoms with Crippen LogP contribution in [0.5, 0.6) is 0 Å². The van der Waals surface area contributed by atoms with Crippen molar-refractivity contribution < 1.29 is 9.53 Å². The molecule has 1 saturated heterocycles. The third-order valence-electron chi connectivity index (χ3n) is 5.09. The number of amides is 2. The first-order valence-electron chi connectivity index (χ1n) is 9.07. The highest BCUT2D eigenvalue weighted by molar-refractivity contribution is 7.09. The van der Waals surface area contributed by atoms with Crippen LogP contribution in [0.15, 0.2) is 41.8 Å². The van der Waals surface area contributed by atoms with Gasteiger partial charge in [0.05, 0.1) is 18.7 Å². The minimum Gasteiger partial charge on any atom is -0.376 e. The number of nitrogens with zero attached hydrogens (tertiary/aromatic N) is 1. The molecule has 0 radical (unpaired) electrons. The molecule has 0 saturated carbocycles. The number of hydrogen-bond acceptors (Lipinski definition) is 3. The maximum Gasteiger partial charge on any atom is 0.318 e. The molecule has 1 aliphatic heterocycles. The number of benzene rings is 1. The lowest BCUT2D eigenvalue weighted by atomic mass is 10.1. The van der Waals surface area contributed by atoms with Crippen LogP contribution in [0, 0.1) is 0 Å². The molecule has 2 aliphatic rings. The molecule has 0 bridgehead atoms. The van der Waals surface area contributed by atoms with E-state index in [4.69, 9.17) is 4.74 Å². The Kier molecular flexibility index (Phi) is 5.04. The van der Waals surface area contributed by atoms with Gasteiger partial charge in [-0.25, -0.2) is 4.79 Å². The molecule has 4 nitrogen and oxygen atoms in total. The zero-order chi connectivity index (χ0) is 17.1. The molecule has 1 aliphatic carbocycles. The van der Waals surface area contributed by atoms with Crippen LogP contribution in [0.2, 0.25) is 0 Å². The molecule has 25 heavy (non-hydrogen) atoms. The molecule has 5 heteroatoms. The Balaban J connectivity index is 1.45. The fraction of sp³-hybridized carbons (Fsp3) is 0.450. The quantitative estimate of drug-likeness (QED) is 0.875. The van der Waals surface area contributed by atoms with Crippen LogP contribution in [-0.2, 0) is 17.7 Å². The van der Waals surface area contributed by atoms with Crippen LogP contribution in [0.1, 0.15) is 41.3 Å². The highest BCUT2D eigenvalue weighted by Gasteiger charge is 2.28. The first-order chi connectivity index (χ1) is 12.3. The molecule has 2 heterocycles. The summed E-state index contributed by atoms with van der Waals surface area (Å²) in [5, 5.41) is 5.32. The standard InChI is InChI=1S/C20H24N2O2S/c23-20(21-19-10-9-15-5-1-2-8-18(15)19)22(13-16-6-3-11-24-16)14-17-7-4-12-25-17/h1-2,4-5,7-8,12,16,19H,3,6,9-11,13-14H2,(H,21,23). The summed E-state index contributed by atoms with van der Waals surface area (Å²) in [5.74, 6) is 0. The van der Waals surface area contributed by atoms with Crippen LogP contribution in [-0.4, -0.2) is 30.2 Å². The van der Waals surface area contributed by atoms with Gasteiger partial charge >= 0.3 is 6.03 Å². The molecule has 2 atom stereocenters. The van der Waals surface area contributed by atoms with Crippen molar-refractivity contribution in [1.29, 1.82) is 0 Å². The lowest BCUT2D eigenvalue weighted by Gasteiger charge is -2.27. The number of ether oxygens (including phenoxy) is 1. The van der Waals surface area contributed by atoms with Gasteiger partial charge in [0, 0.05) is 18.0 Å². The molecule has 1 aromatic heterocycles. The van der Waals surface area contributed by atoms with Gasteiger partial charge in [0.2, 0.25) is 0 Å². The minimum absolute atomic E-state index is 0.0191. The highest BCUT2D eigenvalue weighted by Crippen LogP contribution is 2.31. The smallest absolute Gasteiger partial charge is 0.318 e. The lowest BCUT2D eigenvalue weighted by Crippen LogP contribution is -2.44. The average molecular weight is 356 g/mol. The van der Waals surface area contributed by atoms with Crippen molar-refractivity contribution in [1.82, 2.24) is 10.2 Å². The van der Waals surface area contributed by atoms with Crippen molar-refractivity contribution in [3.63, 3.8) is 0 Å². The van der Waals surface area contributed by atoms with Gasteiger partial charge < -0.3 is 15.0 Å². The van der Waals surface area contributed by atoms with Gasteiger partial charge in [0.25, 0.3) is 0 Å². The minimum atomic E-state index is 0.0191. The summed E-state index contributed by atoms with van der Waals surface area (Å²) in [6.07, 6.45) is 4.33. The molecule has 2 aromatic rings. The number of thiophene rings is 1. The third-order valence-corrected chi connectivity index (χ3v) is 5.95. The third kappa shape index (κ3) is 3.88. The number of carbonyl (C=O) groups excluding carboxylic acids is 1. The van der Waals surface area contributed by atoms with E-state index in [1.165, 1.54) is 16.0 Å². The Labute approximate surface area is 152 Å². The van der Waals surface area contributed by atoms with Crippen molar-refractivity contribution in [3.05, 3.63) is 57.8 Å². The fourth-order valence-corrected chi connectivity index (χ4v) is 4.51. The van der Waals surface area contributed by atoms with E-state index in [9.17, 15) is 4.79 Å². The predicted molar refractivity (Wildman–Crippen MR) is 99.7 cm³/mol. The SMILES string of the molecule is O=C(NC1CCc2ccccc21)N(Cc1cccs1)CC1CCCO1. The summed E-state index contributed by atoms with van der Waals surface area (Å²) in [7, 11) is 0. The topological polar surface area (TPSA) is 41.6 Å². The van der Waals surface area contributed by atoms with E-state index in [1.807, 2.05) is 11.0 Å². The summed E-state index contributed by atoms with van der Waals surface area (Å²) < 4.78 is 5.76. The van der Waals surface area contributed by atoms with Crippen LogP contribution in [0.25, 0.3) is 0 Å². The van der Waals surface area contributed by atoms with Gasteiger partial charge in [-0.15, -0.1) is 11.3 Å². The van der Waals surface area contributed by atoms with Crippen molar-refractivity contribution in [3.8, 4) is 0 Å². The summed E-state index contributed by atoms with van der Waals surface area (Å²) in [5.41, 5.74) is 2.63.